The topological polar surface area (TPSA) is 120 Å². The molecule has 1 aliphatic heterocycles. The van der Waals surface area contributed by atoms with E-state index in [1.807, 2.05) is 33.3 Å². The van der Waals surface area contributed by atoms with Crippen LogP contribution in [0.4, 0.5) is 11.6 Å². The molecule has 1 aliphatic rings. The van der Waals surface area contributed by atoms with Gasteiger partial charge in [-0.1, -0.05) is 0 Å². The van der Waals surface area contributed by atoms with E-state index in [4.69, 9.17) is 4.79 Å². The van der Waals surface area contributed by atoms with Crippen molar-refractivity contribution in [3.8, 4) is 11.1 Å². The summed E-state index contributed by atoms with van der Waals surface area (Å²) in [4.78, 5) is 42.6. The number of piperazine rings is 1. The molecule has 1 atom stereocenters. The number of H-pyrrole nitrogens is 1. The second kappa shape index (κ2) is 15.6. The molecule has 3 rings (SSSR count). The van der Waals surface area contributed by atoms with Gasteiger partial charge in [0, 0.05) is 58.0 Å². The third kappa shape index (κ3) is 9.32. The second-order valence-corrected chi connectivity index (χ2v) is 7.95. The fraction of sp³-hybridized carbons (Fsp3) is 0.500. The van der Waals surface area contributed by atoms with Crippen LogP contribution in [-0.2, 0) is 14.3 Å². The lowest BCUT2D eigenvalue weighted by Crippen LogP contribution is -2.51. The predicted molar refractivity (Wildman–Crippen MR) is 137 cm³/mol. The number of carbonyl (C=O) groups excluding carboxylic acids is 2. The van der Waals surface area contributed by atoms with Gasteiger partial charge in [-0.05, 0) is 56.8 Å². The summed E-state index contributed by atoms with van der Waals surface area (Å²) in [5.74, 6) is 1.69. The smallest absolute Gasteiger partial charge is 0.292 e. The summed E-state index contributed by atoms with van der Waals surface area (Å²) >= 11 is 0. The zero-order valence-corrected chi connectivity index (χ0v) is 21.1. The van der Waals surface area contributed by atoms with Gasteiger partial charge in [-0.25, -0.2) is 4.98 Å². The van der Waals surface area contributed by atoms with Crippen LogP contribution in [0.1, 0.15) is 18.9 Å². The average molecular weight is 475 g/mol. The van der Waals surface area contributed by atoms with Gasteiger partial charge in [0.05, 0.1) is 7.11 Å². The molecule has 3 N–H and O–H groups in total. The number of hydrogen-bond acceptors (Lipinski definition) is 9. The van der Waals surface area contributed by atoms with Crippen LogP contribution in [-0.4, -0.2) is 88.1 Å². The standard InChI is InChI=1S/C18H25N5O.C4H9NO.C2H4O2/c1-12-10-20-16(19-3)9-15(12)14-7-17(21-18(24)8-14)23-6-5-22(4)11-13(23)2;1-5-3-2-4-6;1-4-2-3/h7-10,13H,5-6,11H2,1-4H3,(H,19,20)(H,21,24);4-5H,2-3H2,1H3;2H,1H3. The Morgan fingerprint density at radius 3 is 2.47 bits per heavy atom. The van der Waals surface area contributed by atoms with E-state index in [1.54, 1.807) is 6.07 Å². The van der Waals surface area contributed by atoms with Crippen LogP contribution < -0.4 is 21.1 Å². The lowest BCUT2D eigenvalue weighted by atomic mass is 10.0. The Bertz CT molecular complexity index is 949. The number of likely N-dealkylation sites (N-methyl/N-ethyl adjacent to an activating group) is 1. The molecule has 1 saturated heterocycles. The minimum absolute atomic E-state index is 0.0733. The molecule has 2 aromatic rings. The number of hydrogen-bond donors (Lipinski definition) is 3. The van der Waals surface area contributed by atoms with Crippen molar-refractivity contribution in [2.24, 2.45) is 0 Å². The van der Waals surface area contributed by atoms with Crippen molar-refractivity contribution in [2.75, 3.05) is 64.6 Å². The molecule has 1 unspecified atom stereocenters. The van der Waals surface area contributed by atoms with Crippen LogP contribution >= 0.6 is 0 Å². The first kappa shape index (κ1) is 28.8. The quantitative estimate of drug-likeness (QED) is 0.405. The van der Waals surface area contributed by atoms with E-state index in [-0.39, 0.29) is 5.56 Å². The van der Waals surface area contributed by atoms with Gasteiger partial charge in [0.2, 0.25) is 5.56 Å². The normalized spacial score (nSPS) is 15.2. The Balaban J connectivity index is 0.000000489. The third-order valence-electron chi connectivity index (χ3n) is 5.25. The summed E-state index contributed by atoms with van der Waals surface area (Å²) < 4.78 is 3.86. The lowest BCUT2D eigenvalue weighted by Gasteiger charge is -2.39. The Kier molecular flexibility index (Phi) is 13.2. The number of anilines is 2. The summed E-state index contributed by atoms with van der Waals surface area (Å²) in [6.07, 6.45) is 3.35. The van der Waals surface area contributed by atoms with Gasteiger partial charge >= 0.3 is 0 Å². The fourth-order valence-electron chi connectivity index (χ4n) is 3.51. The zero-order chi connectivity index (χ0) is 25.5. The lowest BCUT2D eigenvalue weighted by molar-refractivity contribution is -0.126. The maximum atomic E-state index is 12.2. The highest BCUT2D eigenvalue weighted by Crippen LogP contribution is 2.27. The summed E-state index contributed by atoms with van der Waals surface area (Å²) in [5.41, 5.74) is 2.94. The molecular formula is C24H38N6O4. The highest BCUT2D eigenvalue weighted by atomic mass is 16.5. The van der Waals surface area contributed by atoms with Gasteiger partial charge in [-0.15, -0.1) is 0 Å². The van der Waals surface area contributed by atoms with Gasteiger partial charge in [0.1, 0.15) is 17.9 Å². The number of nitrogens with zero attached hydrogens (tertiary/aromatic N) is 3. The van der Waals surface area contributed by atoms with Gasteiger partial charge in [-0.3, -0.25) is 9.59 Å². The highest BCUT2D eigenvalue weighted by molar-refractivity contribution is 5.72. The molecular weight excluding hydrogens is 436 g/mol. The SMILES string of the molecule is CNCCC=O.CNc1cc(-c2cc(N3CCN(C)CC3C)[nH]c(=O)c2)c(C)cn1.COC=O. The van der Waals surface area contributed by atoms with Crippen LogP contribution in [0.15, 0.2) is 29.2 Å². The Hall–Kier alpha value is -3.24. The zero-order valence-electron chi connectivity index (χ0n) is 21.1. The molecule has 0 bridgehead atoms. The maximum absolute atomic E-state index is 12.2. The monoisotopic (exact) mass is 474 g/mol. The second-order valence-electron chi connectivity index (χ2n) is 7.95. The van der Waals surface area contributed by atoms with Crippen molar-refractivity contribution in [3.63, 3.8) is 0 Å². The molecule has 10 nitrogen and oxygen atoms in total. The molecule has 0 aliphatic carbocycles. The first-order valence-corrected chi connectivity index (χ1v) is 11.2. The van der Waals surface area contributed by atoms with Crippen molar-refractivity contribution in [1.82, 2.24) is 20.2 Å². The summed E-state index contributed by atoms with van der Waals surface area (Å²) in [6.45, 7) is 8.27. The van der Waals surface area contributed by atoms with Crippen LogP contribution in [0.2, 0.25) is 0 Å². The molecule has 34 heavy (non-hydrogen) atoms. The number of pyridine rings is 2. The van der Waals surface area contributed by atoms with Crippen molar-refractivity contribution in [1.29, 1.82) is 0 Å². The third-order valence-corrected chi connectivity index (χ3v) is 5.25. The summed E-state index contributed by atoms with van der Waals surface area (Å²) in [5, 5.41) is 5.89. The van der Waals surface area contributed by atoms with Crippen molar-refractivity contribution in [2.45, 2.75) is 26.3 Å². The number of aromatic amines is 1. The fourth-order valence-corrected chi connectivity index (χ4v) is 3.51. The van der Waals surface area contributed by atoms with Gasteiger partial charge in [0.25, 0.3) is 6.47 Å². The van der Waals surface area contributed by atoms with Crippen molar-refractivity contribution >= 4 is 24.4 Å². The summed E-state index contributed by atoms with van der Waals surface area (Å²) in [7, 11) is 7.11. The van der Waals surface area contributed by atoms with E-state index in [0.717, 1.165) is 60.8 Å². The number of aryl methyl sites for hydroxylation is 1. The van der Waals surface area contributed by atoms with Crippen LogP contribution in [0.3, 0.4) is 0 Å². The molecule has 1 fully saturated rings. The number of nitrogens with one attached hydrogen (secondary N) is 3. The molecule has 0 aromatic carbocycles. The van der Waals surface area contributed by atoms with E-state index in [2.05, 4.69) is 55.2 Å². The van der Waals surface area contributed by atoms with Crippen LogP contribution in [0, 0.1) is 6.92 Å². The molecule has 0 radical (unpaired) electrons. The molecule has 3 heterocycles. The first-order chi connectivity index (χ1) is 16.3. The first-order valence-electron chi connectivity index (χ1n) is 11.2. The van der Waals surface area contributed by atoms with Gasteiger partial charge in [0.15, 0.2) is 0 Å². The Labute approximate surface area is 201 Å². The van der Waals surface area contributed by atoms with E-state index in [0.29, 0.717) is 18.9 Å². The van der Waals surface area contributed by atoms with Gasteiger partial charge in [-0.2, -0.15) is 0 Å². The highest BCUT2D eigenvalue weighted by Gasteiger charge is 2.23. The minimum atomic E-state index is -0.0733. The molecule has 0 saturated carbocycles. The average Bonchev–Trinajstić information content (AvgIpc) is 2.83. The predicted octanol–water partition coefficient (Wildman–Crippen LogP) is 1.51. The largest absolute Gasteiger partial charge is 0.471 e. The van der Waals surface area contributed by atoms with Crippen molar-refractivity contribution in [3.05, 3.63) is 40.3 Å². The molecule has 0 spiro atoms. The molecule has 0 amide bonds. The Morgan fingerprint density at radius 1 is 1.24 bits per heavy atom. The Morgan fingerprint density at radius 2 is 1.94 bits per heavy atom. The number of ether oxygens (including phenoxy) is 1. The number of rotatable bonds is 7. The van der Waals surface area contributed by atoms with E-state index in [9.17, 15) is 9.59 Å². The van der Waals surface area contributed by atoms with Crippen LogP contribution in [0.5, 0.6) is 0 Å². The van der Waals surface area contributed by atoms with E-state index in [1.165, 1.54) is 7.11 Å². The van der Waals surface area contributed by atoms with Crippen molar-refractivity contribution < 1.29 is 14.3 Å². The molecule has 10 heteroatoms. The number of carbonyl (C=O) groups is 2. The minimum Gasteiger partial charge on any atom is -0.471 e. The molecule has 2 aromatic heterocycles. The van der Waals surface area contributed by atoms with Gasteiger partial charge < -0.3 is 34.9 Å². The van der Waals surface area contributed by atoms with E-state index >= 15 is 0 Å². The number of methoxy groups -OCH3 is 1. The number of aromatic nitrogens is 2. The molecule has 188 valence electrons. The summed E-state index contributed by atoms with van der Waals surface area (Å²) in [6, 6.07) is 6.08. The van der Waals surface area contributed by atoms with E-state index < -0.39 is 0 Å². The number of aldehydes is 1. The maximum Gasteiger partial charge on any atom is 0.292 e. The van der Waals surface area contributed by atoms with Crippen LogP contribution in [0.25, 0.3) is 11.1 Å².